The van der Waals surface area contributed by atoms with E-state index in [1.54, 1.807) is 6.92 Å². The van der Waals surface area contributed by atoms with Crippen molar-refractivity contribution < 1.29 is 32.3 Å². The number of alkyl halides is 3. The molecule has 1 amide bonds. The van der Waals surface area contributed by atoms with Gasteiger partial charge in [-0.05, 0) is 13.0 Å². The number of carboxylic acids is 1. The highest BCUT2D eigenvalue weighted by Gasteiger charge is 2.53. The molecule has 0 saturated carbocycles. The number of rotatable bonds is 2. The van der Waals surface area contributed by atoms with E-state index in [4.69, 9.17) is 9.52 Å². The van der Waals surface area contributed by atoms with Crippen molar-refractivity contribution in [1.29, 1.82) is 0 Å². The van der Waals surface area contributed by atoms with Crippen molar-refractivity contribution in [1.82, 2.24) is 4.90 Å². The average Bonchev–Trinajstić information content (AvgIpc) is 2.92. The number of carbonyl (C=O) groups is 2. The van der Waals surface area contributed by atoms with Crippen LogP contribution >= 0.6 is 12.4 Å². The second-order valence-corrected chi connectivity index (χ2v) is 4.74. The zero-order valence-corrected chi connectivity index (χ0v) is 11.7. The van der Waals surface area contributed by atoms with E-state index in [9.17, 15) is 22.8 Å². The SMILES string of the molecule is Cc1ccoc1C(=O)N1C[C@@H](C(F)(F)F)[C@H](C(=O)O)C1.Cl. The summed E-state index contributed by atoms with van der Waals surface area (Å²) in [7, 11) is 0. The molecule has 1 aliphatic heterocycles. The lowest BCUT2D eigenvalue weighted by molar-refractivity contribution is -0.187. The molecular formula is C12H13ClF3NO4. The van der Waals surface area contributed by atoms with Gasteiger partial charge in [-0.2, -0.15) is 13.2 Å². The standard InChI is InChI=1S/C12H12F3NO4.ClH/c1-6-2-3-20-9(6)10(17)16-4-7(11(18)19)8(5-16)12(13,14)15;/h2-3,7-8H,4-5H2,1H3,(H,18,19);1H/t7-,8-;/m1./s1. The summed E-state index contributed by atoms with van der Waals surface area (Å²) < 4.78 is 43.3. The third-order valence-electron chi connectivity index (χ3n) is 3.40. The lowest BCUT2D eigenvalue weighted by Crippen LogP contribution is -2.34. The number of carboxylic acid groups (broad SMARTS) is 1. The van der Waals surface area contributed by atoms with Crippen LogP contribution in [0.25, 0.3) is 0 Å². The third-order valence-corrected chi connectivity index (χ3v) is 3.40. The van der Waals surface area contributed by atoms with Gasteiger partial charge in [0.25, 0.3) is 5.91 Å². The number of amides is 1. The fourth-order valence-electron chi connectivity index (χ4n) is 2.29. The van der Waals surface area contributed by atoms with Crippen molar-refractivity contribution in [3.05, 3.63) is 23.7 Å². The molecule has 9 heteroatoms. The van der Waals surface area contributed by atoms with E-state index in [2.05, 4.69) is 0 Å². The molecule has 1 aliphatic rings. The van der Waals surface area contributed by atoms with Gasteiger partial charge >= 0.3 is 12.1 Å². The molecule has 0 unspecified atom stereocenters. The number of furan rings is 1. The molecule has 0 spiro atoms. The van der Waals surface area contributed by atoms with E-state index in [1.807, 2.05) is 0 Å². The number of aryl methyl sites for hydroxylation is 1. The number of carbonyl (C=O) groups excluding carboxylic acids is 1. The van der Waals surface area contributed by atoms with Crippen LogP contribution in [0.2, 0.25) is 0 Å². The lowest BCUT2D eigenvalue weighted by atomic mass is 9.96. The molecule has 21 heavy (non-hydrogen) atoms. The summed E-state index contributed by atoms with van der Waals surface area (Å²) in [5.41, 5.74) is 0.498. The molecule has 1 N–H and O–H groups in total. The number of nitrogens with zero attached hydrogens (tertiary/aromatic N) is 1. The van der Waals surface area contributed by atoms with Gasteiger partial charge in [0.05, 0.1) is 18.1 Å². The molecule has 1 aromatic rings. The largest absolute Gasteiger partial charge is 0.481 e. The van der Waals surface area contributed by atoms with Gasteiger partial charge in [0.15, 0.2) is 5.76 Å². The maximum absolute atomic E-state index is 12.8. The molecule has 118 valence electrons. The van der Waals surface area contributed by atoms with Crippen LogP contribution in [0.4, 0.5) is 13.2 Å². The van der Waals surface area contributed by atoms with Crippen molar-refractivity contribution in [3.63, 3.8) is 0 Å². The fourth-order valence-corrected chi connectivity index (χ4v) is 2.29. The minimum atomic E-state index is -4.66. The Morgan fingerprint density at radius 3 is 2.38 bits per heavy atom. The fraction of sp³-hybridized carbons (Fsp3) is 0.500. The summed E-state index contributed by atoms with van der Waals surface area (Å²) in [4.78, 5) is 23.8. The highest BCUT2D eigenvalue weighted by Crippen LogP contribution is 2.38. The first kappa shape index (κ1) is 17.4. The second kappa shape index (κ2) is 5.97. The first-order valence-corrected chi connectivity index (χ1v) is 5.84. The minimum absolute atomic E-state index is 0. The second-order valence-electron chi connectivity index (χ2n) is 4.74. The van der Waals surface area contributed by atoms with Gasteiger partial charge in [-0.25, -0.2) is 0 Å². The normalized spacial score (nSPS) is 22.0. The van der Waals surface area contributed by atoms with Gasteiger partial charge in [-0.1, -0.05) is 0 Å². The first-order valence-electron chi connectivity index (χ1n) is 5.84. The summed E-state index contributed by atoms with van der Waals surface area (Å²) in [6.45, 7) is 0.445. The maximum Gasteiger partial charge on any atom is 0.394 e. The van der Waals surface area contributed by atoms with Crippen LogP contribution < -0.4 is 0 Å². The molecule has 0 bridgehead atoms. The van der Waals surface area contributed by atoms with Crippen molar-refractivity contribution >= 4 is 24.3 Å². The van der Waals surface area contributed by atoms with E-state index in [1.165, 1.54) is 12.3 Å². The molecular weight excluding hydrogens is 315 g/mol. The van der Waals surface area contributed by atoms with E-state index >= 15 is 0 Å². The Kier molecular flexibility index (Phi) is 4.93. The Labute approximate surface area is 124 Å². The van der Waals surface area contributed by atoms with Crippen LogP contribution in [0.5, 0.6) is 0 Å². The van der Waals surface area contributed by atoms with Crippen molar-refractivity contribution in [2.24, 2.45) is 11.8 Å². The van der Waals surface area contributed by atoms with E-state index in [-0.39, 0.29) is 18.2 Å². The number of aliphatic carboxylic acids is 1. The highest BCUT2D eigenvalue weighted by molar-refractivity contribution is 5.93. The van der Waals surface area contributed by atoms with E-state index < -0.39 is 43.0 Å². The maximum atomic E-state index is 12.8. The van der Waals surface area contributed by atoms with Crippen LogP contribution in [0.1, 0.15) is 16.1 Å². The predicted octanol–water partition coefficient (Wildman–Crippen LogP) is 2.34. The van der Waals surface area contributed by atoms with Crippen LogP contribution in [0.3, 0.4) is 0 Å². The first-order chi connectivity index (χ1) is 9.21. The van der Waals surface area contributed by atoms with E-state index in [0.29, 0.717) is 5.56 Å². The summed E-state index contributed by atoms with van der Waals surface area (Å²) in [6.07, 6.45) is -3.40. The van der Waals surface area contributed by atoms with Gasteiger partial charge in [-0.15, -0.1) is 12.4 Å². The van der Waals surface area contributed by atoms with Crippen molar-refractivity contribution in [2.45, 2.75) is 13.1 Å². The molecule has 2 rings (SSSR count). The van der Waals surface area contributed by atoms with Crippen LogP contribution in [0.15, 0.2) is 16.7 Å². The molecule has 2 atom stereocenters. The summed E-state index contributed by atoms with van der Waals surface area (Å²) >= 11 is 0. The number of likely N-dealkylation sites (tertiary alicyclic amines) is 1. The Balaban J connectivity index is 0.00000220. The van der Waals surface area contributed by atoms with E-state index in [0.717, 1.165) is 4.90 Å². The molecule has 1 aromatic heterocycles. The number of hydrogen-bond donors (Lipinski definition) is 1. The van der Waals surface area contributed by atoms with Gasteiger partial charge in [0.1, 0.15) is 0 Å². The molecule has 0 aromatic carbocycles. The van der Waals surface area contributed by atoms with Gasteiger partial charge < -0.3 is 14.4 Å². The van der Waals surface area contributed by atoms with Crippen LogP contribution in [-0.2, 0) is 4.79 Å². The third kappa shape index (κ3) is 3.31. The smallest absolute Gasteiger partial charge is 0.394 e. The highest BCUT2D eigenvalue weighted by atomic mass is 35.5. The quantitative estimate of drug-likeness (QED) is 0.905. The average molecular weight is 328 g/mol. The van der Waals surface area contributed by atoms with Gasteiger partial charge in [-0.3, -0.25) is 9.59 Å². The molecule has 2 heterocycles. The molecule has 0 aliphatic carbocycles. The summed E-state index contributed by atoms with van der Waals surface area (Å²) in [6, 6.07) is 1.51. The van der Waals surface area contributed by atoms with Crippen molar-refractivity contribution in [2.75, 3.05) is 13.1 Å². The van der Waals surface area contributed by atoms with Crippen LogP contribution in [0, 0.1) is 18.8 Å². The molecule has 5 nitrogen and oxygen atoms in total. The summed E-state index contributed by atoms with van der Waals surface area (Å²) in [5, 5.41) is 8.87. The molecule has 0 radical (unpaired) electrons. The van der Waals surface area contributed by atoms with Crippen molar-refractivity contribution in [3.8, 4) is 0 Å². The monoisotopic (exact) mass is 327 g/mol. The zero-order chi connectivity index (χ0) is 15.1. The topological polar surface area (TPSA) is 70.8 Å². The lowest BCUT2D eigenvalue weighted by Gasteiger charge is -2.18. The zero-order valence-electron chi connectivity index (χ0n) is 10.9. The number of halogens is 4. The van der Waals surface area contributed by atoms with Gasteiger partial charge in [0, 0.05) is 18.7 Å². The Hall–Kier alpha value is -1.70. The molecule has 1 saturated heterocycles. The summed E-state index contributed by atoms with van der Waals surface area (Å²) in [5.74, 6) is -6.03. The minimum Gasteiger partial charge on any atom is -0.481 e. The molecule has 1 fully saturated rings. The predicted molar refractivity (Wildman–Crippen MR) is 67.3 cm³/mol. The Bertz CT molecular complexity index is 543. The number of hydrogen-bond acceptors (Lipinski definition) is 3. The van der Waals surface area contributed by atoms with Gasteiger partial charge in [0.2, 0.25) is 0 Å². The Morgan fingerprint density at radius 2 is 2.00 bits per heavy atom. The Morgan fingerprint density at radius 1 is 1.38 bits per heavy atom. The van der Waals surface area contributed by atoms with Crippen LogP contribution in [-0.4, -0.2) is 41.1 Å².